The molecule has 0 fully saturated rings. The molecule has 0 spiro atoms. The molecule has 0 saturated heterocycles. The highest BCUT2D eigenvalue weighted by Gasteiger charge is 2.13. The Bertz CT molecular complexity index is 637. The van der Waals surface area contributed by atoms with E-state index < -0.39 is 5.97 Å². The van der Waals surface area contributed by atoms with Crippen LogP contribution in [0.5, 0.6) is 5.88 Å². The maximum atomic E-state index is 10.8. The molecule has 2 heterocycles. The van der Waals surface area contributed by atoms with Crippen molar-refractivity contribution in [2.75, 3.05) is 31.4 Å². The minimum absolute atomic E-state index is 0.0854. The first-order valence-corrected chi connectivity index (χ1v) is 6.29. The molecule has 7 heteroatoms. The summed E-state index contributed by atoms with van der Waals surface area (Å²) in [4.78, 5) is 16.9. The topological polar surface area (TPSA) is 87.8 Å². The summed E-state index contributed by atoms with van der Waals surface area (Å²) >= 11 is 0. The SMILES string of the molecule is COc1nccc(N(C)C)c1NCc1ccc(C(=O)O)o1. The Balaban J connectivity index is 2.20. The van der Waals surface area contributed by atoms with Gasteiger partial charge in [-0.05, 0) is 18.2 Å². The van der Waals surface area contributed by atoms with Crippen LogP contribution in [0.2, 0.25) is 0 Å². The van der Waals surface area contributed by atoms with Crippen LogP contribution in [0, 0.1) is 0 Å². The number of aromatic nitrogens is 1. The number of furan rings is 1. The van der Waals surface area contributed by atoms with Gasteiger partial charge in [-0.1, -0.05) is 0 Å². The fourth-order valence-electron chi connectivity index (χ4n) is 1.89. The molecule has 0 aromatic carbocycles. The summed E-state index contributed by atoms with van der Waals surface area (Å²) in [5.41, 5.74) is 1.63. The Kier molecular flexibility index (Phi) is 4.32. The van der Waals surface area contributed by atoms with Gasteiger partial charge in [-0.15, -0.1) is 0 Å². The number of hydrogen-bond acceptors (Lipinski definition) is 6. The second kappa shape index (κ2) is 6.17. The zero-order valence-corrected chi connectivity index (χ0v) is 12.1. The number of ether oxygens (including phenoxy) is 1. The summed E-state index contributed by atoms with van der Waals surface area (Å²) in [7, 11) is 5.37. The van der Waals surface area contributed by atoms with E-state index in [0.717, 1.165) is 11.4 Å². The Morgan fingerprint density at radius 3 is 2.76 bits per heavy atom. The number of carboxylic acids is 1. The molecule has 0 aliphatic heterocycles. The predicted octanol–water partition coefficient (Wildman–Crippen LogP) is 2.06. The Labute approximate surface area is 122 Å². The van der Waals surface area contributed by atoms with Gasteiger partial charge in [-0.3, -0.25) is 0 Å². The molecule has 0 saturated carbocycles. The largest absolute Gasteiger partial charge is 0.479 e. The molecule has 0 aliphatic rings. The van der Waals surface area contributed by atoms with E-state index in [4.69, 9.17) is 14.3 Å². The van der Waals surface area contributed by atoms with Crippen LogP contribution in [0.25, 0.3) is 0 Å². The average Bonchev–Trinajstić information content (AvgIpc) is 2.93. The standard InChI is InChI=1S/C14H17N3O4/c1-17(2)10-6-7-15-13(20-3)12(10)16-8-9-4-5-11(21-9)14(18)19/h4-7,16H,8H2,1-3H3,(H,18,19). The van der Waals surface area contributed by atoms with Gasteiger partial charge in [0.15, 0.2) is 0 Å². The summed E-state index contributed by atoms with van der Waals surface area (Å²) < 4.78 is 10.4. The molecular formula is C14H17N3O4. The highest BCUT2D eigenvalue weighted by atomic mass is 16.5. The first-order chi connectivity index (χ1) is 10.0. The lowest BCUT2D eigenvalue weighted by Crippen LogP contribution is -2.13. The van der Waals surface area contributed by atoms with Crippen LogP contribution in [0.4, 0.5) is 11.4 Å². The molecular weight excluding hydrogens is 274 g/mol. The molecule has 7 nitrogen and oxygen atoms in total. The molecule has 0 unspecified atom stereocenters. The van der Waals surface area contributed by atoms with E-state index in [1.54, 1.807) is 19.4 Å². The summed E-state index contributed by atoms with van der Waals surface area (Å²) in [6, 6.07) is 4.90. The van der Waals surface area contributed by atoms with Gasteiger partial charge >= 0.3 is 5.97 Å². The molecule has 0 radical (unpaired) electrons. The molecule has 112 valence electrons. The first-order valence-electron chi connectivity index (χ1n) is 6.29. The molecule has 0 aliphatic carbocycles. The van der Waals surface area contributed by atoms with Crippen molar-refractivity contribution in [2.24, 2.45) is 0 Å². The van der Waals surface area contributed by atoms with Crippen LogP contribution in [0.1, 0.15) is 16.3 Å². The van der Waals surface area contributed by atoms with E-state index in [1.165, 1.54) is 6.07 Å². The van der Waals surface area contributed by atoms with Gasteiger partial charge in [0.05, 0.1) is 19.3 Å². The average molecular weight is 291 g/mol. The van der Waals surface area contributed by atoms with Crippen molar-refractivity contribution >= 4 is 17.3 Å². The third kappa shape index (κ3) is 3.25. The van der Waals surface area contributed by atoms with Gasteiger partial charge in [0.2, 0.25) is 11.6 Å². The van der Waals surface area contributed by atoms with E-state index in [2.05, 4.69) is 10.3 Å². The number of pyridine rings is 1. The van der Waals surface area contributed by atoms with Crippen LogP contribution in [-0.4, -0.2) is 37.3 Å². The maximum absolute atomic E-state index is 10.8. The lowest BCUT2D eigenvalue weighted by atomic mass is 10.3. The third-order valence-corrected chi connectivity index (χ3v) is 2.88. The van der Waals surface area contributed by atoms with Crippen LogP contribution >= 0.6 is 0 Å². The van der Waals surface area contributed by atoms with Crippen LogP contribution in [-0.2, 0) is 6.54 Å². The number of carboxylic acid groups (broad SMARTS) is 1. The van der Waals surface area contributed by atoms with Gasteiger partial charge in [0, 0.05) is 20.3 Å². The predicted molar refractivity (Wildman–Crippen MR) is 78.1 cm³/mol. The van der Waals surface area contributed by atoms with Crippen molar-refractivity contribution in [3.05, 3.63) is 35.9 Å². The number of aromatic carboxylic acids is 1. The number of nitrogens with zero attached hydrogens (tertiary/aromatic N) is 2. The van der Waals surface area contributed by atoms with Gasteiger partial charge in [-0.25, -0.2) is 9.78 Å². The van der Waals surface area contributed by atoms with Gasteiger partial charge in [-0.2, -0.15) is 0 Å². The number of nitrogens with one attached hydrogen (secondary N) is 1. The van der Waals surface area contributed by atoms with Crippen molar-refractivity contribution in [2.45, 2.75) is 6.54 Å². The van der Waals surface area contributed by atoms with Crippen molar-refractivity contribution in [3.63, 3.8) is 0 Å². The quantitative estimate of drug-likeness (QED) is 0.842. The summed E-state index contributed by atoms with van der Waals surface area (Å²) in [5, 5.41) is 12.0. The summed E-state index contributed by atoms with van der Waals surface area (Å²) in [6.45, 7) is 0.330. The van der Waals surface area contributed by atoms with E-state index >= 15 is 0 Å². The second-order valence-electron chi connectivity index (χ2n) is 4.53. The highest BCUT2D eigenvalue weighted by Crippen LogP contribution is 2.32. The summed E-state index contributed by atoms with van der Waals surface area (Å²) in [6.07, 6.45) is 1.66. The van der Waals surface area contributed by atoms with E-state index in [1.807, 2.05) is 25.1 Å². The van der Waals surface area contributed by atoms with Crippen molar-refractivity contribution in [1.82, 2.24) is 4.98 Å². The van der Waals surface area contributed by atoms with Gasteiger partial charge in [0.1, 0.15) is 11.4 Å². The van der Waals surface area contributed by atoms with Crippen molar-refractivity contribution < 1.29 is 19.1 Å². The van der Waals surface area contributed by atoms with Crippen LogP contribution in [0.3, 0.4) is 0 Å². The van der Waals surface area contributed by atoms with Gasteiger partial charge < -0.3 is 24.5 Å². The normalized spacial score (nSPS) is 10.2. The Morgan fingerprint density at radius 2 is 2.19 bits per heavy atom. The minimum Gasteiger partial charge on any atom is -0.479 e. The molecule has 0 atom stereocenters. The lowest BCUT2D eigenvalue weighted by Gasteiger charge is -2.19. The van der Waals surface area contributed by atoms with Crippen LogP contribution < -0.4 is 15.0 Å². The fraction of sp³-hybridized carbons (Fsp3) is 0.286. The van der Waals surface area contributed by atoms with Crippen molar-refractivity contribution in [3.8, 4) is 5.88 Å². The van der Waals surface area contributed by atoms with E-state index in [-0.39, 0.29) is 5.76 Å². The van der Waals surface area contributed by atoms with E-state index in [9.17, 15) is 4.79 Å². The molecule has 0 bridgehead atoms. The molecule has 2 N–H and O–H groups in total. The molecule has 21 heavy (non-hydrogen) atoms. The Hall–Kier alpha value is -2.70. The smallest absolute Gasteiger partial charge is 0.371 e. The third-order valence-electron chi connectivity index (χ3n) is 2.88. The number of rotatable bonds is 6. The van der Waals surface area contributed by atoms with E-state index in [0.29, 0.717) is 18.2 Å². The first kappa shape index (κ1) is 14.7. The maximum Gasteiger partial charge on any atom is 0.371 e. The zero-order chi connectivity index (χ0) is 15.4. The van der Waals surface area contributed by atoms with Crippen LogP contribution in [0.15, 0.2) is 28.8 Å². The number of methoxy groups -OCH3 is 1. The second-order valence-corrected chi connectivity index (χ2v) is 4.53. The molecule has 2 rings (SSSR count). The molecule has 2 aromatic rings. The lowest BCUT2D eigenvalue weighted by molar-refractivity contribution is 0.0660. The number of carbonyl (C=O) groups is 1. The monoisotopic (exact) mass is 291 g/mol. The Morgan fingerprint density at radius 1 is 1.43 bits per heavy atom. The zero-order valence-electron chi connectivity index (χ0n) is 12.1. The molecule has 0 amide bonds. The van der Waals surface area contributed by atoms with Crippen molar-refractivity contribution in [1.29, 1.82) is 0 Å². The number of hydrogen-bond donors (Lipinski definition) is 2. The van der Waals surface area contributed by atoms with Gasteiger partial charge in [0.25, 0.3) is 0 Å². The fourth-order valence-corrected chi connectivity index (χ4v) is 1.89. The minimum atomic E-state index is -1.09. The molecule has 2 aromatic heterocycles. The summed E-state index contributed by atoms with van der Waals surface area (Å²) in [5.74, 6) is -0.193. The highest BCUT2D eigenvalue weighted by molar-refractivity contribution is 5.84. The number of anilines is 2.